The van der Waals surface area contributed by atoms with Crippen molar-refractivity contribution in [2.24, 2.45) is 5.92 Å². The van der Waals surface area contributed by atoms with Crippen molar-refractivity contribution in [2.75, 3.05) is 13.1 Å². The number of hydrogen-bond donors (Lipinski definition) is 0. The van der Waals surface area contributed by atoms with Crippen LogP contribution in [0.5, 0.6) is 0 Å². The van der Waals surface area contributed by atoms with Crippen LogP contribution in [0.1, 0.15) is 30.7 Å². The van der Waals surface area contributed by atoms with Gasteiger partial charge in [-0.05, 0) is 61.2 Å². The van der Waals surface area contributed by atoms with Crippen molar-refractivity contribution in [3.63, 3.8) is 0 Å². The van der Waals surface area contributed by atoms with Gasteiger partial charge >= 0.3 is 0 Å². The Hall–Kier alpha value is -2.08. The summed E-state index contributed by atoms with van der Waals surface area (Å²) in [6.07, 6.45) is 5.87. The first kappa shape index (κ1) is 17.3. The normalized spacial score (nSPS) is 26.3. The van der Waals surface area contributed by atoms with Gasteiger partial charge in [-0.15, -0.1) is 0 Å². The minimum absolute atomic E-state index is 0.00647. The van der Waals surface area contributed by atoms with E-state index in [2.05, 4.69) is 4.98 Å². The average molecular weight is 372 g/mol. The molecule has 136 valence electrons. The lowest BCUT2D eigenvalue weighted by Crippen LogP contribution is -2.44. The van der Waals surface area contributed by atoms with Crippen LogP contribution >= 0.6 is 0 Å². The molecule has 1 amide bonds. The highest BCUT2D eigenvalue weighted by atomic mass is 32.2. The number of carbonyl (C=O) groups is 1. The van der Waals surface area contributed by atoms with E-state index in [9.17, 15) is 13.4 Å². The summed E-state index contributed by atoms with van der Waals surface area (Å²) in [6, 6.07) is 9.84. The molecule has 26 heavy (non-hydrogen) atoms. The van der Waals surface area contributed by atoms with Crippen molar-refractivity contribution in [3.05, 3.63) is 60.2 Å². The number of nitrogens with zero attached hydrogens (tertiary/aromatic N) is 2. The second kappa shape index (κ2) is 7.27. The lowest BCUT2D eigenvalue weighted by molar-refractivity contribution is -0.136. The first-order valence-electron chi connectivity index (χ1n) is 8.96. The molecule has 2 aromatic rings. The number of pyridine rings is 1. The number of aromatic nitrogens is 1. The van der Waals surface area contributed by atoms with E-state index in [1.165, 1.54) is 17.7 Å². The van der Waals surface area contributed by atoms with Gasteiger partial charge in [-0.25, -0.2) is 4.39 Å². The van der Waals surface area contributed by atoms with Crippen molar-refractivity contribution in [1.82, 2.24) is 9.88 Å². The van der Waals surface area contributed by atoms with E-state index in [0.717, 1.165) is 19.5 Å². The third kappa shape index (κ3) is 3.43. The number of hydrogen-bond acceptors (Lipinski definition) is 3. The number of rotatable bonds is 4. The van der Waals surface area contributed by atoms with E-state index in [1.54, 1.807) is 24.5 Å². The highest BCUT2D eigenvalue weighted by Gasteiger charge is 2.41. The molecular weight excluding hydrogens is 351 g/mol. The van der Waals surface area contributed by atoms with Gasteiger partial charge in [0.1, 0.15) is 5.82 Å². The largest absolute Gasteiger partial charge is 0.342 e. The van der Waals surface area contributed by atoms with Gasteiger partial charge in [-0.3, -0.25) is 14.0 Å². The molecular formula is C20H21FN2O2S. The summed E-state index contributed by atoms with van der Waals surface area (Å²) in [6.45, 7) is 1.54. The van der Waals surface area contributed by atoms with Gasteiger partial charge in [0.2, 0.25) is 5.91 Å². The molecule has 0 spiro atoms. The van der Waals surface area contributed by atoms with Crippen LogP contribution in [0.4, 0.5) is 4.39 Å². The first-order valence-corrected chi connectivity index (χ1v) is 10.2. The van der Waals surface area contributed by atoms with E-state index in [0.29, 0.717) is 23.7 Å². The molecule has 2 fully saturated rings. The van der Waals surface area contributed by atoms with Crippen molar-refractivity contribution >= 4 is 16.7 Å². The third-order valence-corrected chi connectivity index (χ3v) is 7.20. The molecule has 0 bridgehead atoms. The van der Waals surface area contributed by atoms with E-state index in [4.69, 9.17) is 0 Å². The maximum Gasteiger partial charge on any atom is 0.225 e. The molecule has 1 aliphatic carbocycles. The Bertz CT molecular complexity index is 806. The summed E-state index contributed by atoms with van der Waals surface area (Å²) < 4.78 is 25.5. The molecule has 1 aromatic heterocycles. The van der Waals surface area contributed by atoms with E-state index in [1.807, 2.05) is 17.0 Å². The highest BCUT2D eigenvalue weighted by Crippen LogP contribution is 2.37. The van der Waals surface area contributed by atoms with Crippen LogP contribution in [-0.4, -0.2) is 38.3 Å². The van der Waals surface area contributed by atoms with E-state index in [-0.39, 0.29) is 22.9 Å². The van der Waals surface area contributed by atoms with Gasteiger partial charge < -0.3 is 4.90 Å². The molecule has 6 heteroatoms. The van der Waals surface area contributed by atoms with Gasteiger partial charge in [0.05, 0.1) is 10.8 Å². The standard InChI is InChI=1S/C20H21FN2O2S/c21-17-1-3-18(4-2-17)26(25)19-11-16(12-19)20(24)23-10-7-15(13-23)14-5-8-22-9-6-14/h1-6,8-9,15-16,19H,7,10-13H2. The SMILES string of the molecule is O=C(C1CC(S(=O)c2ccc(F)cc2)C1)N1CCC(c2ccncc2)C1. The molecule has 2 aliphatic rings. The first-order chi connectivity index (χ1) is 12.6. The number of carbonyl (C=O) groups excluding carboxylic acids is 1. The van der Waals surface area contributed by atoms with Gasteiger partial charge in [0.15, 0.2) is 0 Å². The number of likely N-dealkylation sites (tertiary alicyclic amines) is 1. The second-order valence-corrected chi connectivity index (χ2v) is 8.82. The molecule has 1 aromatic carbocycles. The maximum atomic E-state index is 13.0. The summed E-state index contributed by atoms with van der Waals surface area (Å²) >= 11 is 0. The molecule has 1 saturated carbocycles. The molecule has 4 nitrogen and oxygen atoms in total. The monoisotopic (exact) mass is 372 g/mol. The quantitative estimate of drug-likeness (QED) is 0.829. The molecule has 1 aliphatic heterocycles. The molecule has 2 heterocycles. The zero-order valence-corrected chi connectivity index (χ0v) is 15.2. The van der Waals surface area contributed by atoms with Crippen molar-refractivity contribution in [3.8, 4) is 0 Å². The van der Waals surface area contributed by atoms with Crippen LogP contribution < -0.4 is 0 Å². The predicted octanol–water partition coefficient (Wildman–Crippen LogP) is 3.12. The number of halogens is 1. The number of benzene rings is 1. The Kier molecular flexibility index (Phi) is 4.85. The van der Waals surface area contributed by atoms with Gasteiger partial charge in [0.25, 0.3) is 0 Å². The van der Waals surface area contributed by atoms with Crippen LogP contribution in [0.15, 0.2) is 53.7 Å². The lowest BCUT2D eigenvalue weighted by Gasteiger charge is -2.36. The predicted molar refractivity (Wildman–Crippen MR) is 97.5 cm³/mol. The van der Waals surface area contributed by atoms with E-state index < -0.39 is 10.8 Å². The Morgan fingerprint density at radius 3 is 2.50 bits per heavy atom. The fourth-order valence-electron chi connectivity index (χ4n) is 3.83. The van der Waals surface area contributed by atoms with E-state index >= 15 is 0 Å². The van der Waals surface area contributed by atoms with Gasteiger partial charge in [-0.2, -0.15) is 0 Å². The minimum Gasteiger partial charge on any atom is -0.342 e. The molecule has 0 radical (unpaired) electrons. The van der Waals surface area contributed by atoms with Crippen LogP contribution in [-0.2, 0) is 15.6 Å². The Morgan fingerprint density at radius 1 is 1.12 bits per heavy atom. The fourth-order valence-corrected chi connectivity index (χ4v) is 5.43. The third-order valence-electron chi connectivity index (χ3n) is 5.47. The van der Waals surface area contributed by atoms with Gasteiger partial charge in [-0.1, -0.05) is 0 Å². The number of amides is 1. The van der Waals surface area contributed by atoms with Crippen molar-refractivity contribution in [2.45, 2.75) is 35.3 Å². The molecule has 0 N–H and O–H groups in total. The average Bonchev–Trinajstić information content (AvgIpc) is 3.12. The van der Waals surface area contributed by atoms with Crippen LogP contribution in [0.2, 0.25) is 0 Å². The lowest BCUT2D eigenvalue weighted by atomic mass is 9.83. The van der Waals surface area contributed by atoms with Crippen molar-refractivity contribution < 1.29 is 13.4 Å². The summed E-state index contributed by atoms with van der Waals surface area (Å²) in [5.41, 5.74) is 1.24. The fraction of sp³-hybridized carbons (Fsp3) is 0.400. The maximum absolute atomic E-state index is 13.0. The van der Waals surface area contributed by atoms with Crippen LogP contribution in [0.25, 0.3) is 0 Å². The molecule has 4 rings (SSSR count). The summed E-state index contributed by atoms with van der Waals surface area (Å²) in [5.74, 6) is 0.214. The topological polar surface area (TPSA) is 50.3 Å². The summed E-state index contributed by atoms with van der Waals surface area (Å²) in [7, 11) is -1.17. The minimum atomic E-state index is -1.17. The smallest absolute Gasteiger partial charge is 0.225 e. The molecule has 1 saturated heterocycles. The second-order valence-electron chi connectivity index (χ2n) is 7.09. The Balaban J connectivity index is 1.31. The zero-order chi connectivity index (χ0) is 18.1. The summed E-state index contributed by atoms with van der Waals surface area (Å²) in [5, 5.41) is -0.00647. The molecule has 2 atom stereocenters. The van der Waals surface area contributed by atoms with Crippen LogP contribution in [0, 0.1) is 11.7 Å². The van der Waals surface area contributed by atoms with Crippen LogP contribution in [0.3, 0.4) is 0 Å². The highest BCUT2D eigenvalue weighted by molar-refractivity contribution is 7.85. The zero-order valence-electron chi connectivity index (χ0n) is 14.4. The van der Waals surface area contributed by atoms with Crippen molar-refractivity contribution in [1.29, 1.82) is 0 Å². The summed E-state index contributed by atoms with van der Waals surface area (Å²) in [4.78, 5) is 19.4. The van der Waals surface area contributed by atoms with Gasteiger partial charge in [0, 0.05) is 47.5 Å². The Labute approximate surface area is 154 Å². The molecule has 2 unspecified atom stereocenters. The Morgan fingerprint density at radius 2 is 1.81 bits per heavy atom.